The van der Waals surface area contributed by atoms with Gasteiger partial charge in [-0.15, -0.1) is 0 Å². The van der Waals surface area contributed by atoms with Gasteiger partial charge in [-0.25, -0.2) is 0 Å². The second-order valence-electron chi connectivity index (χ2n) is 3.91. The smallest absolute Gasteiger partial charge is 0.248 e. The van der Waals surface area contributed by atoms with Gasteiger partial charge in [0, 0.05) is 18.4 Å². The zero-order valence-electron chi connectivity index (χ0n) is 9.53. The normalized spacial score (nSPS) is 20.7. The van der Waals surface area contributed by atoms with Crippen molar-refractivity contribution in [2.24, 2.45) is 5.92 Å². The van der Waals surface area contributed by atoms with Crippen LogP contribution in [0.2, 0.25) is 0 Å². The molecule has 4 nitrogen and oxygen atoms in total. The first-order chi connectivity index (χ1) is 7.56. The van der Waals surface area contributed by atoms with Crippen LogP contribution in [0.5, 0.6) is 0 Å². The first-order valence-electron chi connectivity index (χ1n) is 5.43. The molecule has 0 aromatic carbocycles. The van der Waals surface area contributed by atoms with Crippen molar-refractivity contribution in [2.75, 3.05) is 6.61 Å². The lowest BCUT2D eigenvalue weighted by molar-refractivity contribution is -0.429. The van der Waals surface area contributed by atoms with Gasteiger partial charge < -0.3 is 4.74 Å². The molecule has 1 atom stereocenters. The minimum absolute atomic E-state index is 0.0663. The highest BCUT2D eigenvalue weighted by molar-refractivity contribution is 9.11. The molecule has 1 aliphatic rings. The Kier molecular flexibility index (Phi) is 4.99. The first kappa shape index (κ1) is 13.2. The fourth-order valence-corrected chi connectivity index (χ4v) is 2.35. The van der Waals surface area contributed by atoms with Crippen molar-refractivity contribution < 1.29 is 9.66 Å². The van der Waals surface area contributed by atoms with Gasteiger partial charge >= 0.3 is 0 Å². The van der Waals surface area contributed by atoms with E-state index in [1.807, 2.05) is 6.92 Å². The number of nitrogens with zero attached hydrogens (tertiary/aromatic N) is 1. The maximum atomic E-state index is 10.7. The Morgan fingerprint density at radius 3 is 2.88 bits per heavy atom. The molecule has 16 heavy (non-hydrogen) atoms. The average molecular weight is 290 g/mol. The molecule has 0 aliphatic heterocycles. The van der Waals surface area contributed by atoms with Crippen LogP contribution >= 0.6 is 15.9 Å². The highest BCUT2D eigenvalue weighted by Gasteiger charge is 2.26. The van der Waals surface area contributed by atoms with E-state index in [-0.39, 0.29) is 16.5 Å². The summed E-state index contributed by atoms with van der Waals surface area (Å²) in [5.41, 5.74) is 0.238. The summed E-state index contributed by atoms with van der Waals surface area (Å²) < 4.78 is 6.34. The Balaban J connectivity index is 2.74. The number of hydrogen-bond donors (Lipinski definition) is 0. The Bertz CT molecular complexity index is 336. The Hall–Kier alpha value is -0.840. The van der Waals surface area contributed by atoms with Gasteiger partial charge in [0.05, 0.1) is 16.0 Å². The van der Waals surface area contributed by atoms with Gasteiger partial charge in [-0.1, -0.05) is 20.3 Å². The van der Waals surface area contributed by atoms with Crippen LogP contribution in [-0.2, 0) is 4.74 Å². The third-order valence-electron chi connectivity index (χ3n) is 2.48. The van der Waals surface area contributed by atoms with Crippen molar-refractivity contribution in [1.82, 2.24) is 0 Å². The Morgan fingerprint density at radius 1 is 1.69 bits per heavy atom. The summed E-state index contributed by atoms with van der Waals surface area (Å²) in [5.74, 6) is 0.899. The van der Waals surface area contributed by atoms with Crippen LogP contribution < -0.4 is 0 Å². The highest BCUT2D eigenvalue weighted by Crippen LogP contribution is 2.33. The van der Waals surface area contributed by atoms with Gasteiger partial charge in [0.1, 0.15) is 5.76 Å². The average Bonchev–Trinajstić information content (AvgIpc) is 2.21. The monoisotopic (exact) mass is 289 g/mol. The van der Waals surface area contributed by atoms with E-state index in [9.17, 15) is 10.1 Å². The fraction of sp³-hybridized carbons (Fsp3) is 0.636. The van der Waals surface area contributed by atoms with Crippen molar-refractivity contribution in [3.05, 3.63) is 32.1 Å². The zero-order valence-corrected chi connectivity index (χ0v) is 11.1. The standard InChI is InChI=1S/C11H16BrNO3/c1-3-4-5-16-11-8(2)6-9(13(14)15)7-10(11)12/h7-8H,3-6H2,1-2H3. The molecule has 1 aliphatic carbocycles. The molecule has 1 unspecified atom stereocenters. The number of nitro groups is 1. The maximum Gasteiger partial charge on any atom is 0.248 e. The van der Waals surface area contributed by atoms with Crippen molar-refractivity contribution in [3.63, 3.8) is 0 Å². The van der Waals surface area contributed by atoms with Gasteiger partial charge in [-0.2, -0.15) is 0 Å². The molecule has 0 saturated heterocycles. The number of rotatable bonds is 5. The molecule has 0 bridgehead atoms. The lowest BCUT2D eigenvalue weighted by Crippen LogP contribution is -2.14. The summed E-state index contributed by atoms with van der Waals surface area (Å²) in [6.45, 7) is 4.72. The van der Waals surface area contributed by atoms with Crippen molar-refractivity contribution in [2.45, 2.75) is 33.1 Å². The van der Waals surface area contributed by atoms with Gasteiger partial charge in [0.15, 0.2) is 0 Å². The van der Waals surface area contributed by atoms with E-state index in [1.54, 1.807) is 6.08 Å². The van der Waals surface area contributed by atoms with E-state index >= 15 is 0 Å². The molecule has 0 heterocycles. The van der Waals surface area contributed by atoms with Crippen LogP contribution in [0.25, 0.3) is 0 Å². The molecule has 0 aromatic heterocycles. The summed E-state index contributed by atoms with van der Waals surface area (Å²) >= 11 is 3.33. The van der Waals surface area contributed by atoms with E-state index < -0.39 is 0 Å². The number of unbranched alkanes of at least 4 members (excludes halogenated alkanes) is 1. The van der Waals surface area contributed by atoms with Gasteiger partial charge in [-0.3, -0.25) is 10.1 Å². The van der Waals surface area contributed by atoms with Gasteiger partial charge in [0.2, 0.25) is 5.70 Å². The van der Waals surface area contributed by atoms with E-state index in [0.29, 0.717) is 17.5 Å². The van der Waals surface area contributed by atoms with E-state index in [1.165, 1.54) is 0 Å². The van der Waals surface area contributed by atoms with Crippen LogP contribution in [0.15, 0.2) is 22.0 Å². The van der Waals surface area contributed by atoms with Crippen LogP contribution in [0, 0.1) is 16.0 Å². The van der Waals surface area contributed by atoms with Crippen molar-refractivity contribution >= 4 is 15.9 Å². The van der Waals surface area contributed by atoms with Crippen LogP contribution in [-0.4, -0.2) is 11.5 Å². The Labute approximate surface area is 104 Å². The second kappa shape index (κ2) is 6.03. The molecule has 90 valence electrons. The van der Waals surface area contributed by atoms with Gasteiger partial charge in [0.25, 0.3) is 0 Å². The summed E-state index contributed by atoms with van der Waals surface area (Å²) in [7, 11) is 0. The second-order valence-corrected chi connectivity index (χ2v) is 4.77. The quantitative estimate of drug-likeness (QED) is 0.441. The van der Waals surface area contributed by atoms with Crippen molar-refractivity contribution in [1.29, 1.82) is 0 Å². The number of allylic oxidation sites excluding steroid dienone is 4. The van der Waals surface area contributed by atoms with E-state index in [0.717, 1.165) is 18.6 Å². The van der Waals surface area contributed by atoms with E-state index in [4.69, 9.17) is 4.74 Å². The van der Waals surface area contributed by atoms with Crippen LogP contribution in [0.1, 0.15) is 33.1 Å². The lowest BCUT2D eigenvalue weighted by Gasteiger charge is -2.20. The number of ether oxygens (including phenoxy) is 1. The maximum absolute atomic E-state index is 10.7. The molecule has 0 saturated carbocycles. The molecule has 1 rings (SSSR count). The lowest BCUT2D eigenvalue weighted by atomic mass is 9.98. The third kappa shape index (κ3) is 3.33. The molecule has 0 aromatic rings. The molecule has 5 heteroatoms. The molecule has 0 spiro atoms. The molecular formula is C11H16BrNO3. The van der Waals surface area contributed by atoms with Crippen LogP contribution in [0.3, 0.4) is 0 Å². The van der Waals surface area contributed by atoms with Crippen molar-refractivity contribution in [3.8, 4) is 0 Å². The minimum Gasteiger partial charge on any atom is -0.496 e. The highest BCUT2D eigenvalue weighted by atomic mass is 79.9. The minimum atomic E-state index is -0.333. The Morgan fingerprint density at radius 2 is 2.38 bits per heavy atom. The fourth-order valence-electron chi connectivity index (χ4n) is 1.58. The topological polar surface area (TPSA) is 52.4 Å². The summed E-state index contributed by atoms with van der Waals surface area (Å²) in [4.78, 5) is 10.3. The SMILES string of the molecule is CCCCOC1=C(Br)C=C([N+](=O)[O-])CC1C. The predicted octanol–water partition coefficient (Wildman–Crippen LogP) is 3.61. The summed E-state index contributed by atoms with van der Waals surface area (Å²) in [5, 5.41) is 10.7. The third-order valence-corrected chi connectivity index (χ3v) is 3.10. The molecule has 0 N–H and O–H groups in total. The number of halogens is 1. The predicted molar refractivity (Wildman–Crippen MR) is 65.7 cm³/mol. The van der Waals surface area contributed by atoms with Crippen LogP contribution in [0.4, 0.5) is 0 Å². The summed E-state index contributed by atoms with van der Waals surface area (Å²) in [6.07, 6.45) is 4.06. The van der Waals surface area contributed by atoms with E-state index in [2.05, 4.69) is 22.9 Å². The first-order valence-corrected chi connectivity index (χ1v) is 6.23. The molecule has 0 amide bonds. The molecule has 0 fully saturated rings. The largest absolute Gasteiger partial charge is 0.496 e. The molecular weight excluding hydrogens is 274 g/mol. The number of hydrogen-bond acceptors (Lipinski definition) is 3. The zero-order chi connectivity index (χ0) is 12.1. The molecule has 0 radical (unpaired) electrons. The summed E-state index contributed by atoms with van der Waals surface area (Å²) in [6, 6.07) is 0. The van der Waals surface area contributed by atoms with Gasteiger partial charge in [-0.05, 0) is 22.4 Å².